The molecule has 0 bridgehead atoms. The number of nitrogens with one attached hydrogen (secondary N) is 1. The van der Waals surface area contributed by atoms with Gasteiger partial charge in [-0.2, -0.15) is 13.2 Å². The molecule has 106 valence electrons. The van der Waals surface area contributed by atoms with Crippen LogP contribution in [0.25, 0.3) is 0 Å². The number of benzene rings is 1. The van der Waals surface area contributed by atoms with Crippen molar-refractivity contribution in [3.63, 3.8) is 0 Å². The molecule has 0 spiro atoms. The third-order valence-corrected chi connectivity index (χ3v) is 3.09. The summed E-state index contributed by atoms with van der Waals surface area (Å²) in [6.07, 6.45) is -4.52. The van der Waals surface area contributed by atoms with Crippen LogP contribution in [0, 0.1) is 0 Å². The van der Waals surface area contributed by atoms with Gasteiger partial charge in [0.05, 0.1) is 16.3 Å². The van der Waals surface area contributed by atoms with Gasteiger partial charge >= 0.3 is 6.18 Å². The summed E-state index contributed by atoms with van der Waals surface area (Å²) in [7, 11) is 0. The number of amides is 1. The molecule has 3 nitrogen and oxygen atoms in total. The van der Waals surface area contributed by atoms with Crippen LogP contribution in [0.15, 0.2) is 39.4 Å². The Kier molecular flexibility index (Phi) is 4.10. The van der Waals surface area contributed by atoms with Gasteiger partial charge < -0.3 is 9.73 Å². The summed E-state index contributed by atoms with van der Waals surface area (Å²) in [5.41, 5.74) is -1.04. The van der Waals surface area contributed by atoms with Gasteiger partial charge in [0, 0.05) is 0 Å². The summed E-state index contributed by atoms with van der Waals surface area (Å²) in [5.74, 6) is -0.748. The first-order chi connectivity index (χ1) is 9.27. The van der Waals surface area contributed by atoms with Crippen LogP contribution < -0.4 is 5.32 Å². The number of furan rings is 1. The van der Waals surface area contributed by atoms with Crippen LogP contribution in [0.2, 0.25) is 5.02 Å². The summed E-state index contributed by atoms with van der Waals surface area (Å²) in [6, 6.07) is 5.53. The SMILES string of the molecule is O=C(Nc1cc(C(F)(F)F)ccc1Cl)c1ccc(Br)o1. The van der Waals surface area contributed by atoms with E-state index in [2.05, 4.69) is 21.2 Å². The van der Waals surface area contributed by atoms with Crippen molar-refractivity contribution in [2.24, 2.45) is 0 Å². The first-order valence-electron chi connectivity index (χ1n) is 5.21. The third-order valence-electron chi connectivity index (χ3n) is 2.34. The van der Waals surface area contributed by atoms with Crippen molar-refractivity contribution < 1.29 is 22.4 Å². The van der Waals surface area contributed by atoms with Gasteiger partial charge in [0.1, 0.15) is 0 Å². The van der Waals surface area contributed by atoms with E-state index in [0.29, 0.717) is 4.67 Å². The van der Waals surface area contributed by atoms with Gasteiger partial charge in [0.15, 0.2) is 10.4 Å². The van der Waals surface area contributed by atoms with Crippen molar-refractivity contribution >= 4 is 39.1 Å². The molecule has 20 heavy (non-hydrogen) atoms. The minimum Gasteiger partial charge on any atom is -0.444 e. The van der Waals surface area contributed by atoms with E-state index in [1.165, 1.54) is 12.1 Å². The predicted octanol–water partition coefficient (Wildman–Crippen LogP) is 4.97. The first kappa shape index (κ1) is 14.9. The predicted molar refractivity (Wildman–Crippen MR) is 70.8 cm³/mol. The number of halogens is 5. The van der Waals surface area contributed by atoms with E-state index in [-0.39, 0.29) is 16.5 Å². The average molecular weight is 369 g/mol. The fourth-order valence-corrected chi connectivity index (χ4v) is 1.89. The third kappa shape index (κ3) is 3.34. The maximum Gasteiger partial charge on any atom is 0.416 e. The summed E-state index contributed by atoms with van der Waals surface area (Å²) < 4.78 is 43.1. The Morgan fingerprint density at radius 3 is 2.50 bits per heavy atom. The van der Waals surface area contributed by atoms with Crippen LogP contribution in [0.1, 0.15) is 16.1 Å². The number of carbonyl (C=O) groups is 1. The van der Waals surface area contributed by atoms with E-state index in [9.17, 15) is 18.0 Å². The molecule has 0 fully saturated rings. The molecule has 1 aromatic heterocycles. The minimum atomic E-state index is -4.52. The Balaban J connectivity index is 2.27. The highest BCUT2D eigenvalue weighted by Gasteiger charge is 2.31. The maximum atomic E-state index is 12.6. The molecule has 0 aliphatic rings. The molecule has 0 atom stereocenters. The summed E-state index contributed by atoms with van der Waals surface area (Å²) >= 11 is 8.78. The highest BCUT2D eigenvalue weighted by atomic mass is 79.9. The first-order valence-corrected chi connectivity index (χ1v) is 6.38. The van der Waals surface area contributed by atoms with Crippen molar-refractivity contribution in [2.75, 3.05) is 5.32 Å². The zero-order chi connectivity index (χ0) is 14.9. The Hall–Kier alpha value is -1.47. The summed E-state index contributed by atoms with van der Waals surface area (Å²) in [4.78, 5) is 11.8. The fourth-order valence-electron chi connectivity index (χ4n) is 1.42. The van der Waals surface area contributed by atoms with E-state index >= 15 is 0 Å². The lowest BCUT2D eigenvalue weighted by Gasteiger charge is -2.10. The molecule has 0 unspecified atom stereocenters. The van der Waals surface area contributed by atoms with Crippen LogP contribution >= 0.6 is 27.5 Å². The molecular weight excluding hydrogens is 362 g/mol. The second-order valence-corrected chi connectivity index (χ2v) is 4.94. The lowest BCUT2D eigenvalue weighted by atomic mass is 10.2. The van der Waals surface area contributed by atoms with Gasteiger partial charge in [0.2, 0.25) is 0 Å². The molecule has 0 aliphatic carbocycles. The molecule has 0 saturated heterocycles. The largest absolute Gasteiger partial charge is 0.444 e. The Labute approximate surface area is 124 Å². The summed E-state index contributed by atoms with van der Waals surface area (Å²) in [5, 5.41) is 2.26. The molecule has 0 radical (unpaired) electrons. The topological polar surface area (TPSA) is 42.2 Å². The molecule has 8 heteroatoms. The van der Waals surface area contributed by atoms with Gasteiger partial charge in [-0.25, -0.2) is 0 Å². The maximum absolute atomic E-state index is 12.6. The number of alkyl halides is 3. The second kappa shape index (κ2) is 5.49. The molecular formula is C12H6BrClF3NO2. The number of anilines is 1. The van der Waals surface area contributed by atoms with Gasteiger partial charge in [-0.15, -0.1) is 0 Å². The van der Waals surface area contributed by atoms with Crippen LogP contribution in [0.4, 0.5) is 18.9 Å². The van der Waals surface area contributed by atoms with Gasteiger partial charge in [0.25, 0.3) is 5.91 Å². The van der Waals surface area contributed by atoms with Crippen LogP contribution in [-0.4, -0.2) is 5.91 Å². The number of rotatable bonds is 2. The van der Waals surface area contributed by atoms with Crippen molar-refractivity contribution in [3.8, 4) is 0 Å². The molecule has 2 rings (SSSR count). The minimum absolute atomic E-state index is 0.00280. The Morgan fingerprint density at radius 1 is 1.25 bits per heavy atom. The Morgan fingerprint density at radius 2 is 1.95 bits per heavy atom. The second-order valence-electron chi connectivity index (χ2n) is 3.75. The van der Waals surface area contributed by atoms with Gasteiger partial charge in [-0.05, 0) is 46.3 Å². The van der Waals surface area contributed by atoms with Crippen LogP contribution in [-0.2, 0) is 6.18 Å². The van der Waals surface area contributed by atoms with Crippen molar-refractivity contribution in [2.45, 2.75) is 6.18 Å². The molecule has 1 aromatic carbocycles. The molecule has 0 saturated carbocycles. The van der Waals surface area contributed by atoms with Crippen molar-refractivity contribution in [1.82, 2.24) is 0 Å². The molecule has 1 amide bonds. The number of hydrogen-bond acceptors (Lipinski definition) is 2. The quantitative estimate of drug-likeness (QED) is 0.813. The highest BCUT2D eigenvalue weighted by Crippen LogP contribution is 2.34. The normalized spacial score (nSPS) is 11.4. The lowest BCUT2D eigenvalue weighted by molar-refractivity contribution is -0.137. The highest BCUT2D eigenvalue weighted by molar-refractivity contribution is 9.10. The zero-order valence-corrected chi connectivity index (χ0v) is 11.9. The van der Waals surface area contributed by atoms with E-state index in [4.69, 9.17) is 16.0 Å². The van der Waals surface area contributed by atoms with Crippen molar-refractivity contribution in [3.05, 3.63) is 51.3 Å². The number of carbonyl (C=O) groups excluding carboxylic acids is 1. The fraction of sp³-hybridized carbons (Fsp3) is 0.0833. The number of hydrogen-bond donors (Lipinski definition) is 1. The molecule has 2 aromatic rings. The monoisotopic (exact) mass is 367 g/mol. The average Bonchev–Trinajstić information content (AvgIpc) is 2.77. The van der Waals surface area contributed by atoms with Crippen LogP contribution in [0.3, 0.4) is 0 Å². The van der Waals surface area contributed by atoms with Gasteiger partial charge in [-0.1, -0.05) is 11.6 Å². The van der Waals surface area contributed by atoms with Crippen LogP contribution in [0.5, 0.6) is 0 Å². The van der Waals surface area contributed by atoms with E-state index < -0.39 is 17.6 Å². The summed E-state index contributed by atoms with van der Waals surface area (Å²) in [6.45, 7) is 0. The zero-order valence-electron chi connectivity index (χ0n) is 9.59. The molecule has 1 N–H and O–H groups in total. The lowest BCUT2D eigenvalue weighted by Crippen LogP contribution is -2.13. The molecule has 1 heterocycles. The van der Waals surface area contributed by atoms with Gasteiger partial charge in [-0.3, -0.25) is 4.79 Å². The standard InChI is InChI=1S/C12H6BrClF3NO2/c13-10-4-3-9(20-10)11(19)18-8-5-6(12(15,16)17)1-2-7(8)14/h1-5H,(H,18,19). The Bertz CT molecular complexity index is 654. The van der Waals surface area contributed by atoms with E-state index in [0.717, 1.165) is 18.2 Å². The molecule has 0 aliphatic heterocycles. The van der Waals surface area contributed by atoms with E-state index in [1.54, 1.807) is 0 Å². The smallest absolute Gasteiger partial charge is 0.416 e. The van der Waals surface area contributed by atoms with E-state index in [1.807, 2.05) is 0 Å². The van der Waals surface area contributed by atoms with Crippen molar-refractivity contribution in [1.29, 1.82) is 0 Å².